The molecule has 3 nitrogen and oxygen atoms in total. The van der Waals surface area contributed by atoms with Gasteiger partial charge in [0.05, 0.1) is 5.56 Å². The van der Waals surface area contributed by atoms with Gasteiger partial charge < -0.3 is 9.47 Å². The molecule has 0 saturated carbocycles. The number of rotatable bonds is 4. The molecule has 4 rings (SSSR count). The largest absolute Gasteiger partial charge is 0.489 e. The van der Waals surface area contributed by atoms with Crippen molar-refractivity contribution in [3.8, 4) is 11.5 Å². The summed E-state index contributed by atoms with van der Waals surface area (Å²) in [5.74, 6) is 0.847. The van der Waals surface area contributed by atoms with Crippen LogP contribution in [0.1, 0.15) is 21.5 Å². The van der Waals surface area contributed by atoms with Crippen LogP contribution < -0.4 is 9.47 Å². The Morgan fingerprint density at radius 1 is 0.897 bits per heavy atom. The Labute approximate surface area is 187 Å². The lowest BCUT2D eigenvalue weighted by atomic mass is 10.1. The van der Waals surface area contributed by atoms with Crippen molar-refractivity contribution in [3.63, 3.8) is 0 Å². The van der Waals surface area contributed by atoms with Crippen molar-refractivity contribution < 1.29 is 14.3 Å². The molecule has 1 aliphatic heterocycles. The number of carbonyl (C=O) groups is 1. The predicted molar refractivity (Wildman–Crippen MR) is 117 cm³/mol. The van der Waals surface area contributed by atoms with E-state index in [9.17, 15) is 4.79 Å². The fraction of sp³-hybridized carbons (Fsp3) is 0.0455. The molecule has 1 heterocycles. The number of hydrogen-bond donors (Lipinski definition) is 0. The molecule has 0 aliphatic carbocycles. The maximum absolute atomic E-state index is 12.6. The first-order valence-corrected chi connectivity index (χ1v) is 10.0. The zero-order chi connectivity index (χ0) is 20.5. The molecule has 0 bridgehead atoms. The van der Waals surface area contributed by atoms with Crippen molar-refractivity contribution in [3.05, 3.63) is 97.1 Å². The molecular formula is C22H12Cl4O3. The van der Waals surface area contributed by atoms with Crippen LogP contribution in [0.5, 0.6) is 11.5 Å². The molecule has 0 unspecified atom stereocenters. The van der Waals surface area contributed by atoms with Crippen molar-refractivity contribution in [1.29, 1.82) is 0 Å². The minimum absolute atomic E-state index is 0.146. The molecule has 29 heavy (non-hydrogen) atoms. The summed E-state index contributed by atoms with van der Waals surface area (Å²) in [6.45, 7) is 0.251. The number of ketones is 1. The number of halogens is 4. The summed E-state index contributed by atoms with van der Waals surface area (Å²) in [5.41, 5.74) is 1.76. The Hall–Kier alpha value is -2.17. The number of Topliss-reactive ketones (excluding diaryl/α,β-unsaturated/α-hetero) is 1. The van der Waals surface area contributed by atoms with Gasteiger partial charge in [-0.1, -0.05) is 58.5 Å². The van der Waals surface area contributed by atoms with Crippen molar-refractivity contribution in [2.45, 2.75) is 6.61 Å². The van der Waals surface area contributed by atoms with E-state index in [1.54, 1.807) is 60.7 Å². The number of fused-ring (bicyclic) bond motifs is 1. The van der Waals surface area contributed by atoms with Gasteiger partial charge in [0.25, 0.3) is 0 Å². The molecule has 3 aromatic carbocycles. The number of carbonyl (C=O) groups excluding carboxylic acids is 1. The van der Waals surface area contributed by atoms with E-state index in [0.717, 1.165) is 5.56 Å². The maximum atomic E-state index is 12.6. The van der Waals surface area contributed by atoms with Crippen LogP contribution in [-0.2, 0) is 6.61 Å². The summed E-state index contributed by atoms with van der Waals surface area (Å²) in [4.78, 5) is 12.6. The van der Waals surface area contributed by atoms with Gasteiger partial charge in [-0.25, -0.2) is 0 Å². The van der Waals surface area contributed by atoms with E-state index in [2.05, 4.69) is 0 Å². The zero-order valence-corrected chi connectivity index (χ0v) is 17.7. The quantitative estimate of drug-likeness (QED) is 0.374. The second-order valence-electron chi connectivity index (χ2n) is 6.26. The van der Waals surface area contributed by atoms with Crippen LogP contribution in [0.2, 0.25) is 20.1 Å². The molecule has 0 amide bonds. The molecule has 146 valence electrons. The molecule has 0 N–H and O–H groups in total. The Kier molecular flexibility index (Phi) is 5.75. The van der Waals surface area contributed by atoms with Gasteiger partial charge in [-0.3, -0.25) is 4.79 Å². The highest BCUT2D eigenvalue weighted by Crippen LogP contribution is 2.37. The van der Waals surface area contributed by atoms with Gasteiger partial charge in [-0.05, 0) is 42.5 Å². The van der Waals surface area contributed by atoms with E-state index < -0.39 is 0 Å². The first-order chi connectivity index (χ1) is 13.9. The first kappa shape index (κ1) is 20.1. The van der Waals surface area contributed by atoms with E-state index >= 15 is 0 Å². The summed E-state index contributed by atoms with van der Waals surface area (Å²) < 4.78 is 11.5. The van der Waals surface area contributed by atoms with Crippen LogP contribution in [0.4, 0.5) is 0 Å². The third-order valence-electron chi connectivity index (χ3n) is 4.33. The van der Waals surface area contributed by atoms with Crippen molar-refractivity contribution >= 4 is 58.3 Å². The smallest absolute Gasteiger partial charge is 0.231 e. The van der Waals surface area contributed by atoms with E-state index in [-0.39, 0.29) is 18.1 Å². The van der Waals surface area contributed by atoms with E-state index in [1.807, 2.05) is 0 Å². The Balaban J connectivity index is 1.55. The molecule has 0 saturated heterocycles. The predicted octanol–water partition coefficient (Wildman–Crippen LogP) is 7.50. The highest BCUT2D eigenvalue weighted by atomic mass is 35.5. The molecule has 0 aromatic heterocycles. The van der Waals surface area contributed by atoms with Gasteiger partial charge in [-0.2, -0.15) is 0 Å². The number of ether oxygens (including phenoxy) is 2. The normalized spacial score (nSPS) is 14.1. The minimum Gasteiger partial charge on any atom is -0.489 e. The molecule has 0 fully saturated rings. The lowest BCUT2D eigenvalue weighted by Gasteiger charge is -2.09. The lowest BCUT2D eigenvalue weighted by Crippen LogP contribution is -1.98. The third-order valence-corrected chi connectivity index (χ3v) is 5.57. The summed E-state index contributed by atoms with van der Waals surface area (Å²) in [6.07, 6.45) is 1.54. The first-order valence-electron chi connectivity index (χ1n) is 8.51. The molecule has 7 heteroatoms. The Bertz CT molecular complexity index is 1130. The number of benzene rings is 3. The molecule has 0 spiro atoms. The highest BCUT2D eigenvalue weighted by Gasteiger charge is 2.28. The van der Waals surface area contributed by atoms with E-state index in [4.69, 9.17) is 55.9 Å². The Morgan fingerprint density at radius 2 is 1.66 bits per heavy atom. The summed E-state index contributed by atoms with van der Waals surface area (Å²) >= 11 is 24.4. The van der Waals surface area contributed by atoms with Gasteiger partial charge in [0, 0.05) is 37.3 Å². The van der Waals surface area contributed by atoms with Gasteiger partial charge in [0.15, 0.2) is 5.76 Å². The van der Waals surface area contributed by atoms with Crippen molar-refractivity contribution in [2.24, 2.45) is 0 Å². The fourth-order valence-electron chi connectivity index (χ4n) is 2.84. The fourth-order valence-corrected chi connectivity index (χ4v) is 3.81. The van der Waals surface area contributed by atoms with Crippen LogP contribution in [0.25, 0.3) is 6.08 Å². The monoisotopic (exact) mass is 464 g/mol. The van der Waals surface area contributed by atoms with Crippen molar-refractivity contribution in [1.82, 2.24) is 0 Å². The van der Waals surface area contributed by atoms with Crippen LogP contribution >= 0.6 is 46.4 Å². The lowest BCUT2D eigenvalue weighted by molar-refractivity contribution is 0.101. The standard InChI is InChI=1S/C22H12Cl4O3/c23-13-5-4-12(19(26)8-13)11-28-14-6-7-15-20(9-14)29-21(22(15)27)10-16-17(24)2-1-3-18(16)25/h1-10H,11H2/b21-10-. The SMILES string of the molecule is O=C1/C(=C/c2c(Cl)cccc2Cl)Oc2cc(OCc3ccc(Cl)cc3Cl)ccc21. The van der Waals surface area contributed by atoms with Crippen LogP contribution in [0.3, 0.4) is 0 Å². The molecule has 0 radical (unpaired) electrons. The van der Waals surface area contributed by atoms with Crippen LogP contribution in [0, 0.1) is 0 Å². The summed E-state index contributed by atoms with van der Waals surface area (Å²) in [7, 11) is 0. The van der Waals surface area contributed by atoms with Gasteiger partial charge in [-0.15, -0.1) is 0 Å². The maximum Gasteiger partial charge on any atom is 0.231 e. The van der Waals surface area contributed by atoms with Crippen molar-refractivity contribution in [2.75, 3.05) is 0 Å². The van der Waals surface area contributed by atoms with Crippen LogP contribution in [-0.4, -0.2) is 5.78 Å². The van der Waals surface area contributed by atoms with Gasteiger partial charge >= 0.3 is 0 Å². The average Bonchev–Trinajstić information content (AvgIpc) is 2.99. The Morgan fingerprint density at radius 3 is 2.38 bits per heavy atom. The number of hydrogen-bond acceptors (Lipinski definition) is 3. The second-order valence-corrected chi connectivity index (χ2v) is 7.92. The molecule has 3 aromatic rings. The number of allylic oxidation sites excluding steroid dienone is 1. The summed E-state index contributed by atoms with van der Waals surface area (Å²) in [6, 6.07) is 15.3. The summed E-state index contributed by atoms with van der Waals surface area (Å²) in [5, 5.41) is 1.94. The topological polar surface area (TPSA) is 35.5 Å². The third kappa shape index (κ3) is 4.24. The van der Waals surface area contributed by atoms with E-state index in [0.29, 0.717) is 42.7 Å². The zero-order valence-electron chi connectivity index (χ0n) is 14.7. The average molecular weight is 466 g/mol. The molecule has 1 aliphatic rings. The van der Waals surface area contributed by atoms with Gasteiger partial charge in [0.1, 0.15) is 18.1 Å². The van der Waals surface area contributed by atoms with E-state index in [1.165, 1.54) is 0 Å². The van der Waals surface area contributed by atoms with Gasteiger partial charge in [0.2, 0.25) is 5.78 Å². The van der Waals surface area contributed by atoms with Crippen LogP contribution in [0.15, 0.2) is 60.4 Å². The minimum atomic E-state index is -0.247. The molecular weight excluding hydrogens is 454 g/mol. The molecule has 0 atom stereocenters. The second kappa shape index (κ2) is 8.29. The highest BCUT2D eigenvalue weighted by molar-refractivity contribution is 6.37.